The lowest BCUT2D eigenvalue weighted by Crippen LogP contribution is -2.15. The Kier molecular flexibility index (Phi) is 4.33. The second kappa shape index (κ2) is 6.81. The second-order valence-corrected chi connectivity index (χ2v) is 7.04. The fourth-order valence-electron chi connectivity index (χ4n) is 3.50. The van der Waals surface area contributed by atoms with Gasteiger partial charge < -0.3 is 5.32 Å². The summed E-state index contributed by atoms with van der Waals surface area (Å²) in [5, 5.41) is 13.8. The van der Waals surface area contributed by atoms with Crippen molar-refractivity contribution in [1.29, 1.82) is 5.26 Å². The molecule has 3 aromatic rings. The number of nitrogens with one attached hydrogen (secondary N) is 1. The maximum Gasteiger partial charge on any atom is 0.230 e. The van der Waals surface area contributed by atoms with Gasteiger partial charge in [0.1, 0.15) is 5.82 Å². The average Bonchev–Trinajstić information content (AvgIpc) is 3.47. The van der Waals surface area contributed by atoms with E-state index in [9.17, 15) is 4.79 Å². The van der Waals surface area contributed by atoms with Gasteiger partial charge in [-0.1, -0.05) is 13.0 Å². The topological polar surface area (TPSA) is 78.7 Å². The largest absolute Gasteiger partial charge is 0.310 e. The number of rotatable bonds is 4. The summed E-state index contributed by atoms with van der Waals surface area (Å²) in [5.41, 5.74) is 4.62. The smallest absolute Gasteiger partial charge is 0.230 e. The lowest BCUT2D eigenvalue weighted by molar-refractivity contribution is -0.117. The van der Waals surface area contributed by atoms with Crippen LogP contribution in [0.15, 0.2) is 42.9 Å². The van der Waals surface area contributed by atoms with E-state index in [-0.39, 0.29) is 17.7 Å². The standard InChI is InChI=1S/C22H20N4O/c1-3-14-4-5-24-11-20(14)15-6-13(2)19-12-25-21(9-16(19)7-15)26-22(27)18-8-17(18)10-23/h4-7,9,11-12,17-18H,3,8H2,1-2H3,(H,25,26,27)/t17-,18+/m1/s1. The van der Waals surface area contributed by atoms with Crippen LogP contribution in [0.3, 0.4) is 0 Å². The molecule has 1 aromatic carbocycles. The van der Waals surface area contributed by atoms with E-state index in [4.69, 9.17) is 5.26 Å². The highest BCUT2D eigenvalue weighted by atomic mass is 16.2. The summed E-state index contributed by atoms with van der Waals surface area (Å²) in [7, 11) is 0. The van der Waals surface area contributed by atoms with E-state index in [0.717, 1.165) is 33.9 Å². The van der Waals surface area contributed by atoms with Crippen molar-refractivity contribution >= 4 is 22.5 Å². The number of hydrogen-bond donors (Lipinski definition) is 1. The normalized spacial score (nSPS) is 18.1. The maximum atomic E-state index is 12.2. The van der Waals surface area contributed by atoms with E-state index in [1.54, 1.807) is 6.20 Å². The molecular formula is C22H20N4O. The summed E-state index contributed by atoms with van der Waals surface area (Å²) in [6.45, 7) is 4.20. The Morgan fingerprint density at radius 2 is 2.19 bits per heavy atom. The summed E-state index contributed by atoms with van der Waals surface area (Å²) in [5.74, 6) is 0.0387. The quantitative estimate of drug-likeness (QED) is 0.757. The van der Waals surface area contributed by atoms with E-state index in [1.165, 1.54) is 5.56 Å². The highest BCUT2D eigenvalue weighted by Gasteiger charge is 2.43. The summed E-state index contributed by atoms with van der Waals surface area (Å²) in [6, 6.07) is 10.4. The first-order chi connectivity index (χ1) is 13.1. The van der Waals surface area contributed by atoms with Gasteiger partial charge in [-0.25, -0.2) is 4.98 Å². The van der Waals surface area contributed by atoms with Crippen LogP contribution in [0.5, 0.6) is 0 Å². The van der Waals surface area contributed by atoms with Crippen LogP contribution in [-0.4, -0.2) is 15.9 Å². The Hall–Kier alpha value is -3.26. The highest BCUT2D eigenvalue weighted by Crippen LogP contribution is 2.38. The van der Waals surface area contributed by atoms with Crippen LogP contribution in [0.4, 0.5) is 5.82 Å². The minimum Gasteiger partial charge on any atom is -0.310 e. The molecular weight excluding hydrogens is 336 g/mol. The fourth-order valence-corrected chi connectivity index (χ4v) is 3.50. The number of nitriles is 1. The molecule has 0 radical (unpaired) electrons. The first kappa shape index (κ1) is 17.2. The molecule has 2 aromatic heterocycles. The summed E-state index contributed by atoms with van der Waals surface area (Å²) >= 11 is 0. The van der Waals surface area contributed by atoms with Crippen molar-refractivity contribution in [3.63, 3.8) is 0 Å². The number of aromatic nitrogens is 2. The van der Waals surface area contributed by atoms with Crippen LogP contribution in [0.2, 0.25) is 0 Å². The SMILES string of the molecule is CCc1ccncc1-c1cc(C)c2cnc(NC(=O)[C@H]3C[C@@H]3C#N)cc2c1. The van der Waals surface area contributed by atoms with E-state index in [0.29, 0.717) is 12.2 Å². The number of amides is 1. The monoisotopic (exact) mass is 356 g/mol. The van der Waals surface area contributed by atoms with Crippen molar-refractivity contribution < 1.29 is 4.79 Å². The first-order valence-electron chi connectivity index (χ1n) is 9.15. The van der Waals surface area contributed by atoms with Crippen molar-refractivity contribution in [2.24, 2.45) is 11.8 Å². The molecule has 2 heterocycles. The number of fused-ring (bicyclic) bond motifs is 1. The Balaban J connectivity index is 1.70. The van der Waals surface area contributed by atoms with Gasteiger partial charge in [-0.3, -0.25) is 9.78 Å². The summed E-state index contributed by atoms with van der Waals surface area (Å²) < 4.78 is 0. The number of hydrogen-bond acceptors (Lipinski definition) is 4. The van der Waals surface area contributed by atoms with Crippen molar-refractivity contribution in [1.82, 2.24) is 9.97 Å². The third-order valence-corrected chi connectivity index (χ3v) is 5.19. The molecule has 0 spiro atoms. The Labute approximate surface area is 158 Å². The molecule has 1 fully saturated rings. The zero-order valence-corrected chi connectivity index (χ0v) is 15.4. The molecule has 0 saturated heterocycles. The number of aryl methyl sites for hydroxylation is 2. The van der Waals surface area contributed by atoms with Crippen LogP contribution < -0.4 is 5.32 Å². The van der Waals surface area contributed by atoms with Gasteiger partial charge in [0.25, 0.3) is 0 Å². The summed E-state index contributed by atoms with van der Waals surface area (Å²) in [6.07, 6.45) is 7.09. The van der Waals surface area contributed by atoms with Gasteiger partial charge in [-0.05, 0) is 60.0 Å². The molecule has 1 aliphatic rings. The minimum atomic E-state index is -0.205. The van der Waals surface area contributed by atoms with Gasteiger partial charge in [-0.15, -0.1) is 0 Å². The minimum absolute atomic E-state index is 0.123. The Bertz CT molecular complexity index is 1080. The molecule has 5 heteroatoms. The predicted octanol–water partition coefficient (Wildman–Crippen LogP) is 4.27. The van der Waals surface area contributed by atoms with Gasteiger partial charge in [0.05, 0.1) is 17.9 Å². The fraction of sp³-hybridized carbons (Fsp3) is 0.273. The van der Waals surface area contributed by atoms with Crippen LogP contribution in [-0.2, 0) is 11.2 Å². The molecule has 0 aliphatic heterocycles. The average molecular weight is 356 g/mol. The molecule has 1 saturated carbocycles. The van der Waals surface area contributed by atoms with Gasteiger partial charge in [0.2, 0.25) is 5.91 Å². The third kappa shape index (κ3) is 3.26. The lowest BCUT2D eigenvalue weighted by atomic mass is 9.96. The number of carbonyl (C=O) groups is 1. The van der Waals surface area contributed by atoms with Crippen molar-refractivity contribution in [2.45, 2.75) is 26.7 Å². The number of carbonyl (C=O) groups excluding carboxylic acids is 1. The lowest BCUT2D eigenvalue weighted by Gasteiger charge is -2.12. The van der Waals surface area contributed by atoms with E-state index < -0.39 is 0 Å². The van der Waals surface area contributed by atoms with E-state index >= 15 is 0 Å². The van der Waals surface area contributed by atoms with Gasteiger partial charge in [-0.2, -0.15) is 5.26 Å². The number of anilines is 1. The predicted molar refractivity (Wildman–Crippen MR) is 105 cm³/mol. The number of benzene rings is 1. The van der Waals surface area contributed by atoms with Gasteiger partial charge in [0.15, 0.2) is 0 Å². The highest BCUT2D eigenvalue weighted by molar-refractivity contribution is 5.97. The molecule has 5 nitrogen and oxygen atoms in total. The Morgan fingerprint density at radius 3 is 2.93 bits per heavy atom. The zero-order chi connectivity index (χ0) is 19.0. The zero-order valence-electron chi connectivity index (χ0n) is 15.4. The van der Waals surface area contributed by atoms with Crippen LogP contribution >= 0.6 is 0 Å². The van der Waals surface area contributed by atoms with Crippen molar-refractivity contribution in [3.05, 3.63) is 54.0 Å². The number of nitrogens with zero attached hydrogens (tertiary/aromatic N) is 3. The van der Waals surface area contributed by atoms with Crippen molar-refractivity contribution in [3.8, 4) is 17.2 Å². The second-order valence-electron chi connectivity index (χ2n) is 7.04. The molecule has 134 valence electrons. The van der Waals surface area contributed by atoms with Gasteiger partial charge in [0, 0.05) is 29.5 Å². The van der Waals surface area contributed by atoms with Gasteiger partial charge >= 0.3 is 0 Å². The first-order valence-corrected chi connectivity index (χ1v) is 9.15. The molecule has 2 atom stereocenters. The maximum absolute atomic E-state index is 12.2. The molecule has 1 aliphatic carbocycles. The van der Waals surface area contributed by atoms with E-state index in [1.807, 2.05) is 24.5 Å². The molecule has 0 bridgehead atoms. The third-order valence-electron chi connectivity index (χ3n) is 5.19. The van der Waals surface area contributed by atoms with Crippen LogP contribution in [0.1, 0.15) is 24.5 Å². The summed E-state index contributed by atoms with van der Waals surface area (Å²) in [4.78, 5) is 20.9. The molecule has 0 unspecified atom stereocenters. The van der Waals surface area contributed by atoms with Crippen molar-refractivity contribution in [2.75, 3.05) is 5.32 Å². The molecule has 4 rings (SSSR count). The molecule has 1 amide bonds. The molecule has 27 heavy (non-hydrogen) atoms. The Morgan fingerprint density at radius 1 is 1.33 bits per heavy atom. The van der Waals surface area contributed by atoms with E-state index in [2.05, 4.69) is 47.3 Å². The number of pyridine rings is 2. The molecule has 1 N–H and O–H groups in total. The van der Waals surface area contributed by atoms with Crippen LogP contribution in [0.25, 0.3) is 21.9 Å². The van der Waals surface area contributed by atoms with Crippen LogP contribution in [0, 0.1) is 30.1 Å².